The van der Waals surface area contributed by atoms with Crippen LogP contribution in [0.2, 0.25) is 0 Å². The van der Waals surface area contributed by atoms with Crippen LogP contribution in [-0.4, -0.2) is 25.8 Å². The maximum atomic E-state index is 12.8. The number of aromatic nitrogens is 4. The number of nitrogens with zero attached hydrogens (tertiary/aromatic N) is 2. The van der Waals surface area contributed by atoms with E-state index in [0.29, 0.717) is 11.3 Å². The molecule has 29 heavy (non-hydrogen) atoms. The van der Waals surface area contributed by atoms with Crippen molar-refractivity contribution in [2.75, 3.05) is 5.32 Å². The zero-order valence-electron chi connectivity index (χ0n) is 15.4. The Morgan fingerprint density at radius 3 is 2.52 bits per heavy atom. The van der Waals surface area contributed by atoms with Crippen LogP contribution in [0.1, 0.15) is 10.4 Å². The Morgan fingerprint density at radius 2 is 1.69 bits per heavy atom. The van der Waals surface area contributed by atoms with Gasteiger partial charge in [-0.1, -0.05) is 36.4 Å². The average molecular weight is 379 g/mol. The number of fused-ring (bicyclic) bond motifs is 1. The van der Waals surface area contributed by atoms with Gasteiger partial charge < -0.3 is 15.3 Å². The maximum absolute atomic E-state index is 12.8. The van der Waals surface area contributed by atoms with E-state index in [9.17, 15) is 4.79 Å². The SMILES string of the molecule is O=C(Nc1cccc(-c2nc3ccccc3[nH]2)c1)c1cccc(-c2ncc[nH]2)c1. The summed E-state index contributed by atoms with van der Waals surface area (Å²) in [6, 6.07) is 22.9. The van der Waals surface area contributed by atoms with E-state index in [4.69, 9.17) is 0 Å². The van der Waals surface area contributed by atoms with Gasteiger partial charge in [0.25, 0.3) is 5.91 Å². The third-order valence-electron chi connectivity index (χ3n) is 4.68. The van der Waals surface area contributed by atoms with Crippen LogP contribution in [0.25, 0.3) is 33.8 Å². The number of amides is 1. The van der Waals surface area contributed by atoms with Crippen LogP contribution in [0, 0.1) is 0 Å². The van der Waals surface area contributed by atoms with Gasteiger partial charge in [0.15, 0.2) is 0 Å². The lowest BCUT2D eigenvalue weighted by Gasteiger charge is -2.08. The number of anilines is 1. The minimum atomic E-state index is -0.180. The van der Waals surface area contributed by atoms with E-state index in [2.05, 4.69) is 25.3 Å². The van der Waals surface area contributed by atoms with E-state index in [0.717, 1.165) is 33.8 Å². The molecular formula is C23H17N5O. The lowest BCUT2D eigenvalue weighted by atomic mass is 10.1. The smallest absolute Gasteiger partial charge is 0.255 e. The van der Waals surface area contributed by atoms with Crippen molar-refractivity contribution >= 4 is 22.6 Å². The first kappa shape index (κ1) is 16.9. The molecule has 5 aromatic rings. The second kappa shape index (κ2) is 7.09. The van der Waals surface area contributed by atoms with Crippen LogP contribution < -0.4 is 5.32 Å². The molecule has 0 aliphatic heterocycles. The van der Waals surface area contributed by atoms with Gasteiger partial charge in [0.05, 0.1) is 11.0 Å². The number of H-pyrrole nitrogens is 2. The van der Waals surface area contributed by atoms with Gasteiger partial charge in [-0.3, -0.25) is 4.79 Å². The van der Waals surface area contributed by atoms with Crippen molar-refractivity contribution < 1.29 is 4.79 Å². The summed E-state index contributed by atoms with van der Waals surface area (Å²) in [6.07, 6.45) is 3.44. The van der Waals surface area contributed by atoms with Crippen molar-refractivity contribution in [3.63, 3.8) is 0 Å². The van der Waals surface area contributed by atoms with Crippen molar-refractivity contribution in [2.45, 2.75) is 0 Å². The summed E-state index contributed by atoms with van der Waals surface area (Å²) in [7, 11) is 0. The fraction of sp³-hybridized carbons (Fsp3) is 0. The molecule has 0 radical (unpaired) electrons. The van der Waals surface area contributed by atoms with Crippen molar-refractivity contribution in [1.82, 2.24) is 19.9 Å². The summed E-state index contributed by atoms with van der Waals surface area (Å²) in [5, 5.41) is 2.96. The van der Waals surface area contributed by atoms with Gasteiger partial charge in [-0.2, -0.15) is 0 Å². The number of carbonyl (C=O) groups excluding carboxylic acids is 1. The summed E-state index contributed by atoms with van der Waals surface area (Å²) in [5.41, 5.74) is 4.92. The van der Waals surface area contributed by atoms with Crippen LogP contribution in [0.3, 0.4) is 0 Å². The molecule has 6 nitrogen and oxygen atoms in total. The molecule has 5 rings (SSSR count). The largest absolute Gasteiger partial charge is 0.345 e. The quantitative estimate of drug-likeness (QED) is 0.416. The summed E-state index contributed by atoms with van der Waals surface area (Å²) < 4.78 is 0. The topological polar surface area (TPSA) is 86.5 Å². The molecule has 6 heteroatoms. The molecule has 0 aliphatic carbocycles. The van der Waals surface area contributed by atoms with Crippen LogP contribution in [0.4, 0.5) is 5.69 Å². The number of benzene rings is 3. The second-order valence-corrected chi connectivity index (χ2v) is 6.66. The molecule has 0 fully saturated rings. The molecule has 3 N–H and O–H groups in total. The van der Waals surface area contributed by atoms with Gasteiger partial charge in [-0.15, -0.1) is 0 Å². The normalized spacial score (nSPS) is 10.9. The Kier molecular flexibility index (Phi) is 4.14. The van der Waals surface area contributed by atoms with Gasteiger partial charge in [-0.25, -0.2) is 9.97 Å². The van der Waals surface area contributed by atoms with E-state index in [1.54, 1.807) is 18.5 Å². The highest BCUT2D eigenvalue weighted by Gasteiger charge is 2.10. The number of imidazole rings is 2. The average Bonchev–Trinajstić information content (AvgIpc) is 3.44. The predicted molar refractivity (Wildman–Crippen MR) is 114 cm³/mol. The van der Waals surface area contributed by atoms with Gasteiger partial charge in [0.1, 0.15) is 11.6 Å². The number of rotatable bonds is 4. The molecule has 0 spiro atoms. The highest BCUT2D eigenvalue weighted by atomic mass is 16.1. The molecule has 0 bridgehead atoms. The van der Waals surface area contributed by atoms with Gasteiger partial charge >= 0.3 is 0 Å². The third kappa shape index (κ3) is 3.39. The van der Waals surface area contributed by atoms with Crippen LogP contribution >= 0.6 is 0 Å². The minimum absolute atomic E-state index is 0.180. The minimum Gasteiger partial charge on any atom is -0.345 e. The van der Waals surface area contributed by atoms with Crippen molar-refractivity contribution in [1.29, 1.82) is 0 Å². The van der Waals surface area contributed by atoms with E-state index in [1.165, 1.54) is 0 Å². The van der Waals surface area contributed by atoms with Crippen LogP contribution in [0.15, 0.2) is 85.2 Å². The molecule has 140 valence electrons. The lowest BCUT2D eigenvalue weighted by molar-refractivity contribution is 0.102. The summed E-state index contributed by atoms with van der Waals surface area (Å²) >= 11 is 0. The van der Waals surface area contributed by atoms with Gasteiger partial charge in [0.2, 0.25) is 0 Å². The van der Waals surface area contributed by atoms with Gasteiger partial charge in [-0.05, 0) is 36.4 Å². The zero-order valence-corrected chi connectivity index (χ0v) is 15.4. The summed E-state index contributed by atoms with van der Waals surface area (Å²) in [4.78, 5) is 28.0. The lowest BCUT2D eigenvalue weighted by Crippen LogP contribution is -2.12. The first-order chi connectivity index (χ1) is 14.3. The molecule has 3 aromatic carbocycles. The van der Waals surface area contributed by atoms with Crippen molar-refractivity contribution in [3.8, 4) is 22.8 Å². The summed E-state index contributed by atoms with van der Waals surface area (Å²) in [6.45, 7) is 0. The Labute approximate surface area is 166 Å². The van der Waals surface area contributed by atoms with Crippen molar-refractivity contribution in [3.05, 3.63) is 90.8 Å². The zero-order chi connectivity index (χ0) is 19.6. The number of hydrogen-bond acceptors (Lipinski definition) is 3. The molecule has 1 amide bonds. The Morgan fingerprint density at radius 1 is 0.862 bits per heavy atom. The molecule has 0 unspecified atom stereocenters. The number of carbonyl (C=O) groups is 1. The molecular weight excluding hydrogens is 362 g/mol. The standard InChI is InChI=1S/C23H17N5O/c29-23(17-7-3-5-15(13-17)21-24-11-12-25-21)26-18-8-4-6-16(14-18)22-27-19-9-1-2-10-20(19)28-22/h1-14H,(H,24,25)(H,26,29)(H,27,28). The van der Waals surface area contributed by atoms with E-state index in [1.807, 2.05) is 66.7 Å². The molecule has 0 saturated heterocycles. The number of para-hydroxylation sites is 2. The Hall–Kier alpha value is -4.19. The predicted octanol–water partition coefficient (Wildman–Crippen LogP) is 4.87. The monoisotopic (exact) mass is 379 g/mol. The second-order valence-electron chi connectivity index (χ2n) is 6.66. The van der Waals surface area contributed by atoms with Crippen LogP contribution in [0.5, 0.6) is 0 Å². The number of aromatic amines is 2. The first-order valence-electron chi connectivity index (χ1n) is 9.23. The summed E-state index contributed by atoms with van der Waals surface area (Å²) in [5.74, 6) is 1.31. The Bertz CT molecular complexity index is 1270. The fourth-order valence-corrected chi connectivity index (χ4v) is 3.27. The highest BCUT2D eigenvalue weighted by Crippen LogP contribution is 2.24. The number of hydrogen-bond donors (Lipinski definition) is 3. The molecule has 0 saturated carbocycles. The van der Waals surface area contributed by atoms with Crippen molar-refractivity contribution in [2.24, 2.45) is 0 Å². The van der Waals surface area contributed by atoms with E-state index < -0.39 is 0 Å². The fourth-order valence-electron chi connectivity index (χ4n) is 3.27. The van der Waals surface area contributed by atoms with Gasteiger partial charge in [0, 0.05) is 34.8 Å². The van der Waals surface area contributed by atoms with Crippen LogP contribution in [-0.2, 0) is 0 Å². The Balaban J connectivity index is 1.40. The first-order valence-corrected chi connectivity index (χ1v) is 9.23. The molecule has 2 aromatic heterocycles. The highest BCUT2D eigenvalue weighted by molar-refractivity contribution is 6.05. The van der Waals surface area contributed by atoms with E-state index in [-0.39, 0.29) is 5.91 Å². The van der Waals surface area contributed by atoms with E-state index >= 15 is 0 Å². The molecule has 2 heterocycles. The molecule has 0 aliphatic rings. The maximum Gasteiger partial charge on any atom is 0.255 e. The number of nitrogens with one attached hydrogen (secondary N) is 3. The third-order valence-corrected chi connectivity index (χ3v) is 4.68. The molecule has 0 atom stereocenters.